The van der Waals surface area contributed by atoms with Crippen molar-refractivity contribution >= 4 is 44.8 Å². The number of carbonyl (C=O) groups is 1. The van der Waals surface area contributed by atoms with Crippen molar-refractivity contribution < 1.29 is 4.79 Å². The van der Waals surface area contributed by atoms with Crippen LogP contribution in [0.5, 0.6) is 0 Å². The molecule has 19 heavy (non-hydrogen) atoms. The Balaban J connectivity index is 2.19. The van der Waals surface area contributed by atoms with Crippen molar-refractivity contribution in [2.24, 2.45) is 0 Å². The lowest BCUT2D eigenvalue weighted by Crippen LogP contribution is -2.40. The topological polar surface area (TPSA) is 42.0 Å². The first-order valence-electron chi connectivity index (χ1n) is 5.58. The average Bonchev–Trinajstić information content (AvgIpc) is 2.86. The molecular formula is C13H12BrClN2OS. The van der Waals surface area contributed by atoms with E-state index in [0.717, 1.165) is 5.01 Å². The van der Waals surface area contributed by atoms with E-state index in [4.69, 9.17) is 11.6 Å². The number of rotatable bonds is 3. The quantitative estimate of drug-likeness (QED) is 0.891. The first kappa shape index (κ1) is 14.5. The number of carbonyl (C=O) groups excluding carboxylic acids is 1. The maximum atomic E-state index is 12.2. The summed E-state index contributed by atoms with van der Waals surface area (Å²) in [6, 6.07) is 5.09. The molecule has 0 saturated carbocycles. The molecule has 1 heterocycles. The molecule has 0 spiro atoms. The Labute approximate surface area is 129 Å². The summed E-state index contributed by atoms with van der Waals surface area (Å²) in [5.74, 6) is -0.155. The smallest absolute Gasteiger partial charge is 0.252 e. The van der Waals surface area contributed by atoms with Crippen molar-refractivity contribution in [2.45, 2.75) is 19.4 Å². The van der Waals surface area contributed by atoms with Gasteiger partial charge in [-0.15, -0.1) is 11.3 Å². The fraction of sp³-hybridized carbons (Fsp3) is 0.231. The largest absolute Gasteiger partial charge is 0.341 e. The Morgan fingerprint density at radius 3 is 2.79 bits per heavy atom. The van der Waals surface area contributed by atoms with Crippen LogP contribution in [-0.2, 0) is 5.54 Å². The van der Waals surface area contributed by atoms with Gasteiger partial charge < -0.3 is 5.32 Å². The van der Waals surface area contributed by atoms with Crippen LogP contribution in [0.2, 0.25) is 5.02 Å². The molecule has 0 atom stereocenters. The van der Waals surface area contributed by atoms with E-state index in [1.807, 2.05) is 19.2 Å². The van der Waals surface area contributed by atoms with E-state index in [2.05, 4.69) is 26.2 Å². The predicted octanol–water partition coefficient (Wildman–Crippen LogP) is 4.22. The van der Waals surface area contributed by atoms with Crippen LogP contribution < -0.4 is 5.32 Å². The lowest BCUT2D eigenvalue weighted by Gasteiger charge is -2.23. The summed E-state index contributed by atoms with van der Waals surface area (Å²) in [5, 5.41) is 6.31. The molecule has 0 saturated heterocycles. The number of nitrogens with zero attached hydrogens (tertiary/aromatic N) is 1. The van der Waals surface area contributed by atoms with Crippen molar-refractivity contribution in [1.29, 1.82) is 0 Å². The summed E-state index contributed by atoms with van der Waals surface area (Å²) in [5.41, 5.74) is 0.0538. The van der Waals surface area contributed by atoms with E-state index in [1.54, 1.807) is 24.4 Å². The van der Waals surface area contributed by atoms with Crippen LogP contribution in [0.15, 0.2) is 34.2 Å². The maximum absolute atomic E-state index is 12.2. The minimum absolute atomic E-state index is 0.155. The Morgan fingerprint density at radius 1 is 1.47 bits per heavy atom. The van der Waals surface area contributed by atoms with E-state index < -0.39 is 5.54 Å². The third-order valence-electron chi connectivity index (χ3n) is 2.57. The van der Waals surface area contributed by atoms with E-state index in [9.17, 15) is 4.79 Å². The maximum Gasteiger partial charge on any atom is 0.252 e. The van der Waals surface area contributed by atoms with Crippen LogP contribution in [0.1, 0.15) is 29.2 Å². The second-order valence-corrected chi connectivity index (χ2v) is 6.70. The molecule has 0 aliphatic rings. The van der Waals surface area contributed by atoms with Gasteiger partial charge in [0.1, 0.15) is 5.01 Å². The van der Waals surface area contributed by atoms with E-state index >= 15 is 0 Å². The molecule has 2 aromatic rings. The minimum Gasteiger partial charge on any atom is -0.341 e. The first-order valence-corrected chi connectivity index (χ1v) is 7.63. The molecule has 0 fully saturated rings. The van der Waals surface area contributed by atoms with Gasteiger partial charge in [-0.3, -0.25) is 4.79 Å². The van der Waals surface area contributed by atoms with E-state index in [0.29, 0.717) is 15.1 Å². The summed E-state index contributed by atoms with van der Waals surface area (Å²) in [4.78, 5) is 16.5. The van der Waals surface area contributed by atoms with Gasteiger partial charge in [-0.1, -0.05) is 11.6 Å². The normalized spacial score (nSPS) is 11.4. The van der Waals surface area contributed by atoms with Crippen LogP contribution in [-0.4, -0.2) is 10.9 Å². The van der Waals surface area contributed by atoms with Crippen LogP contribution in [0.25, 0.3) is 0 Å². The predicted molar refractivity (Wildman–Crippen MR) is 81.8 cm³/mol. The highest BCUT2D eigenvalue weighted by molar-refractivity contribution is 9.10. The first-order chi connectivity index (χ1) is 8.90. The monoisotopic (exact) mass is 358 g/mol. The summed E-state index contributed by atoms with van der Waals surface area (Å²) in [6.45, 7) is 3.85. The molecule has 100 valence electrons. The number of nitrogens with one attached hydrogen (secondary N) is 1. The third-order valence-corrected chi connectivity index (χ3v) is 4.89. The molecule has 3 nitrogen and oxygen atoms in total. The van der Waals surface area contributed by atoms with Crippen molar-refractivity contribution in [3.63, 3.8) is 0 Å². The fourth-order valence-electron chi connectivity index (χ4n) is 1.58. The van der Waals surface area contributed by atoms with Gasteiger partial charge in [0.15, 0.2) is 0 Å². The van der Waals surface area contributed by atoms with Gasteiger partial charge in [-0.2, -0.15) is 0 Å². The van der Waals surface area contributed by atoms with Gasteiger partial charge in [0, 0.05) is 21.6 Å². The standard InChI is InChI=1S/C13H12BrClN2OS/c1-13(2,12-16-5-6-19-12)17-11(18)8-3-4-10(15)9(14)7-8/h3-7H,1-2H3,(H,17,18). The number of halogens is 2. The van der Waals surface area contributed by atoms with Crippen LogP contribution in [0.3, 0.4) is 0 Å². The molecule has 1 aromatic heterocycles. The van der Waals surface area contributed by atoms with Gasteiger partial charge in [0.2, 0.25) is 0 Å². The van der Waals surface area contributed by atoms with Gasteiger partial charge >= 0.3 is 0 Å². The third kappa shape index (κ3) is 3.35. The number of benzene rings is 1. The van der Waals surface area contributed by atoms with Crippen molar-refractivity contribution in [1.82, 2.24) is 10.3 Å². The van der Waals surface area contributed by atoms with Crippen LogP contribution >= 0.6 is 38.9 Å². The van der Waals surface area contributed by atoms with Gasteiger partial charge in [-0.05, 0) is 48.0 Å². The summed E-state index contributed by atoms with van der Waals surface area (Å²) >= 11 is 10.7. The second-order valence-electron chi connectivity index (χ2n) is 4.55. The van der Waals surface area contributed by atoms with Gasteiger partial charge in [0.25, 0.3) is 5.91 Å². The number of hydrogen-bond donors (Lipinski definition) is 1. The van der Waals surface area contributed by atoms with Gasteiger partial charge in [0.05, 0.1) is 10.6 Å². The molecule has 2 rings (SSSR count). The second kappa shape index (κ2) is 5.61. The average molecular weight is 360 g/mol. The highest BCUT2D eigenvalue weighted by atomic mass is 79.9. The molecular weight excluding hydrogens is 348 g/mol. The highest BCUT2D eigenvalue weighted by Crippen LogP contribution is 2.25. The zero-order chi connectivity index (χ0) is 14.0. The molecule has 1 aromatic carbocycles. The molecule has 1 N–H and O–H groups in total. The Morgan fingerprint density at radius 2 is 2.21 bits per heavy atom. The molecule has 0 aliphatic heterocycles. The lowest BCUT2D eigenvalue weighted by molar-refractivity contribution is 0.0912. The van der Waals surface area contributed by atoms with E-state index in [1.165, 1.54) is 11.3 Å². The van der Waals surface area contributed by atoms with E-state index in [-0.39, 0.29) is 5.91 Å². The number of hydrogen-bond acceptors (Lipinski definition) is 3. The molecule has 0 aliphatic carbocycles. The van der Waals surface area contributed by atoms with Crippen molar-refractivity contribution in [2.75, 3.05) is 0 Å². The van der Waals surface area contributed by atoms with Crippen LogP contribution in [0, 0.1) is 0 Å². The zero-order valence-electron chi connectivity index (χ0n) is 10.4. The number of aromatic nitrogens is 1. The Kier molecular flexibility index (Phi) is 4.28. The highest BCUT2D eigenvalue weighted by Gasteiger charge is 2.26. The molecule has 1 amide bonds. The zero-order valence-corrected chi connectivity index (χ0v) is 13.6. The number of thiazole rings is 1. The van der Waals surface area contributed by atoms with Crippen molar-refractivity contribution in [3.8, 4) is 0 Å². The fourth-order valence-corrected chi connectivity index (χ4v) is 2.79. The molecule has 0 unspecified atom stereocenters. The van der Waals surface area contributed by atoms with Gasteiger partial charge in [-0.25, -0.2) is 4.98 Å². The minimum atomic E-state index is -0.503. The van der Waals surface area contributed by atoms with Crippen molar-refractivity contribution in [3.05, 3.63) is 49.8 Å². The molecule has 0 bridgehead atoms. The molecule has 0 radical (unpaired) electrons. The Bertz CT molecular complexity index is 599. The number of amides is 1. The SMILES string of the molecule is CC(C)(NC(=O)c1ccc(Cl)c(Br)c1)c1nccs1. The lowest BCUT2D eigenvalue weighted by atomic mass is 10.1. The summed E-state index contributed by atoms with van der Waals surface area (Å²) in [7, 11) is 0. The Hall–Kier alpha value is -0.910. The summed E-state index contributed by atoms with van der Waals surface area (Å²) < 4.78 is 0.703. The summed E-state index contributed by atoms with van der Waals surface area (Å²) in [6.07, 6.45) is 1.73. The van der Waals surface area contributed by atoms with Crippen LogP contribution in [0.4, 0.5) is 0 Å². The molecule has 6 heteroatoms.